The number of carboxylic acids is 2. The standard InChI is InChI=1S/C62H93N13O14/c1-6-10-51(70-55(79)38-71-21-23-72(39-56(80)81)25-27-74(41-58(84)85)28-26-73(24-22-71)40-57(82)83)61(88)65-17-9-30-89-29-8-16-64-54(78)14-13-53(77)63-15-7-20-75-37-50(59(86)48-12-11-46(33-52(48)75)35-69-62-66-18-19-67-62)60(87)68-36-47(45(5)76)34-49-43(3)31-42(2)32-44(49)4/h11-12,18-19,31-33,37,47,51,56,80-81H,6-10,13-17,20-30,34-36,38-41H2,1-5H3,(H,63,77)(H,64,78)(H,65,88)(H,68,87)(H,70,79)(H,82,83)(H,84,85)(H2,66,67,69)/t47-,51?/m0/s1. The van der Waals surface area contributed by atoms with Gasteiger partial charge in [-0.25, -0.2) is 4.98 Å². The van der Waals surface area contributed by atoms with Crippen molar-refractivity contribution in [2.45, 2.75) is 111 Å². The SMILES string of the molecule is CCCC(NC(=O)CN1CCN(CC(=O)O)CCN(CC(=O)O)CCN(CC(O)O)CC1)C(=O)NCCCOCCCNC(=O)CCC(=O)NCCCn1cc(C(=O)NC[C@H](Cc2c(C)cc(C)cc2C)C(C)=O)c(=O)c2ccc(CNc3ncc[nH]3)cc21. The highest BCUT2D eigenvalue weighted by Crippen LogP contribution is 2.22. The van der Waals surface area contributed by atoms with E-state index in [0.29, 0.717) is 108 Å². The number of carboxylic acid groups (broad SMARTS) is 2. The molecule has 0 radical (unpaired) electrons. The number of aliphatic carboxylic acids is 2. The number of carbonyl (C=O) groups is 8. The lowest BCUT2D eigenvalue weighted by atomic mass is 9.89. The third kappa shape index (κ3) is 26.1. The van der Waals surface area contributed by atoms with Gasteiger partial charge < -0.3 is 66.6 Å². The molecule has 1 aliphatic rings. The molecule has 2 aromatic carbocycles. The van der Waals surface area contributed by atoms with Crippen molar-refractivity contribution in [2.24, 2.45) is 5.92 Å². The van der Waals surface area contributed by atoms with Gasteiger partial charge in [0.05, 0.1) is 25.2 Å². The number of β-amino-alcohol motifs (C(OH)–C–C–N with tert-alkyl or cyclic N) is 2. The molecule has 490 valence electrons. The second-order valence-corrected chi connectivity index (χ2v) is 22.8. The summed E-state index contributed by atoms with van der Waals surface area (Å²) in [6.45, 7) is 13.2. The summed E-state index contributed by atoms with van der Waals surface area (Å²) in [6, 6.07) is 8.70. The Morgan fingerprint density at radius 3 is 1.84 bits per heavy atom. The first-order chi connectivity index (χ1) is 42.6. The number of Topliss-reactive ketones (excluding diaryl/α,β-unsaturated/α-hetero) is 1. The van der Waals surface area contributed by atoms with E-state index >= 15 is 0 Å². The van der Waals surface area contributed by atoms with Crippen molar-refractivity contribution in [3.63, 3.8) is 0 Å². The van der Waals surface area contributed by atoms with E-state index in [1.165, 1.54) is 13.1 Å². The van der Waals surface area contributed by atoms with Crippen LogP contribution in [0.5, 0.6) is 0 Å². The van der Waals surface area contributed by atoms with Crippen molar-refractivity contribution in [2.75, 3.05) is 123 Å². The number of carbonyl (C=O) groups excluding carboxylic acids is 6. The molecule has 0 aliphatic carbocycles. The number of aromatic nitrogens is 3. The van der Waals surface area contributed by atoms with Gasteiger partial charge in [-0.05, 0) is 94.2 Å². The molecule has 1 unspecified atom stereocenters. The monoisotopic (exact) mass is 1240 g/mol. The lowest BCUT2D eigenvalue weighted by molar-refractivity contribution is -0.140. The third-order valence-electron chi connectivity index (χ3n) is 15.4. The molecule has 0 saturated carbocycles. The van der Waals surface area contributed by atoms with Crippen molar-refractivity contribution in [3.8, 4) is 0 Å². The maximum atomic E-state index is 13.9. The molecule has 11 N–H and O–H groups in total. The number of aliphatic hydroxyl groups is 2. The van der Waals surface area contributed by atoms with Gasteiger partial charge in [-0.2, -0.15) is 0 Å². The van der Waals surface area contributed by atoms with Gasteiger partial charge in [-0.15, -0.1) is 0 Å². The number of aliphatic hydroxyl groups excluding tert-OH is 1. The van der Waals surface area contributed by atoms with E-state index in [9.17, 15) is 63.6 Å². The molecule has 4 aromatic rings. The lowest BCUT2D eigenvalue weighted by Gasteiger charge is -2.33. The number of nitrogens with zero attached hydrogens (tertiary/aromatic N) is 6. The van der Waals surface area contributed by atoms with Gasteiger partial charge >= 0.3 is 11.9 Å². The Balaban J connectivity index is 1.01. The summed E-state index contributed by atoms with van der Waals surface area (Å²) in [5, 5.41) is 56.2. The molecule has 27 nitrogen and oxygen atoms in total. The molecule has 0 bridgehead atoms. The Morgan fingerprint density at radius 2 is 1.29 bits per heavy atom. The normalized spacial score (nSPS) is 14.7. The van der Waals surface area contributed by atoms with E-state index in [2.05, 4.69) is 54.0 Å². The molecular weight excluding hydrogens is 1150 g/mol. The number of ketones is 1. The van der Waals surface area contributed by atoms with E-state index in [1.807, 2.05) is 49.3 Å². The number of fused-ring (bicyclic) bond motifs is 1. The summed E-state index contributed by atoms with van der Waals surface area (Å²) >= 11 is 0. The zero-order chi connectivity index (χ0) is 64.8. The number of aromatic amines is 1. The topological polar surface area (TPSA) is 363 Å². The molecule has 89 heavy (non-hydrogen) atoms. The number of amides is 5. The first-order valence-corrected chi connectivity index (χ1v) is 30.7. The van der Waals surface area contributed by atoms with Crippen LogP contribution in [0.3, 0.4) is 0 Å². The smallest absolute Gasteiger partial charge is 0.317 e. The second-order valence-electron chi connectivity index (χ2n) is 22.8. The second kappa shape index (κ2) is 38.0. The fourth-order valence-corrected chi connectivity index (χ4v) is 10.6. The number of anilines is 1. The van der Waals surface area contributed by atoms with Crippen LogP contribution in [0.15, 0.2) is 53.7 Å². The fraction of sp³-hybridized carbons (Fsp3) is 0.581. The fourth-order valence-electron chi connectivity index (χ4n) is 10.6. The summed E-state index contributed by atoms with van der Waals surface area (Å²) in [4.78, 5) is 130. The maximum absolute atomic E-state index is 13.9. The highest BCUT2D eigenvalue weighted by Gasteiger charge is 2.26. The largest absolute Gasteiger partial charge is 0.480 e. The van der Waals surface area contributed by atoms with Crippen LogP contribution in [-0.2, 0) is 57.8 Å². The van der Waals surface area contributed by atoms with E-state index in [-0.39, 0.29) is 120 Å². The van der Waals surface area contributed by atoms with Crippen LogP contribution in [0, 0.1) is 26.7 Å². The summed E-state index contributed by atoms with van der Waals surface area (Å²) in [5.41, 5.74) is 5.24. The van der Waals surface area contributed by atoms with Crippen molar-refractivity contribution in [1.82, 2.24) is 60.7 Å². The van der Waals surface area contributed by atoms with Crippen LogP contribution in [0.1, 0.15) is 97.0 Å². The van der Waals surface area contributed by atoms with Crippen LogP contribution < -0.4 is 37.3 Å². The van der Waals surface area contributed by atoms with Gasteiger partial charge in [0.15, 0.2) is 12.2 Å². The highest BCUT2D eigenvalue weighted by atomic mass is 16.5. The van der Waals surface area contributed by atoms with E-state index in [0.717, 1.165) is 27.8 Å². The van der Waals surface area contributed by atoms with Crippen LogP contribution in [0.25, 0.3) is 10.9 Å². The Kier molecular flexibility index (Phi) is 30.8. The number of hydrogen-bond donors (Lipinski definition) is 11. The molecule has 5 amide bonds. The van der Waals surface area contributed by atoms with Crippen LogP contribution >= 0.6 is 0 Å². The van der Waals surface area contributed by atoms with Crippen LogP contribution in [-0.4, -0.2) is 232 Å². The molecule has 2 aromatic heterocycles. The number of aryl methyl sites for hydroxylation is 4. The summed E-state index contributed by atoms with van der Waals surface area (Å²) in [6.07, 6.45) is 6.00. The molecule has 3 heterocycles. The van der Waals surface area contributed by atoms with Gasteiger partial charge in [0.2, 0.25) is 29.1 Å². The zero-order valence-corrected chi connectivity index (χ0v) is 52.2. The number of H-pyrrole nitrogens is 1. The molecule has 1 saturated heterocycles. The van der Waals surface area contributed by atoms with Crippen molar-refractivity contribution >= 4 is 64.1 Å². The van der Waals surface area contributed by atoms with Crippen molar-refractivity contribution in [1.29, 1.82) is 0 Å². The predicted molar refractivity (Wildman–Crippen MR) is 334 cm³/mol. The number of benzene rings is 2. The summed E-state index contributed by atoms with van der Waals surface area (Å²) < 4.78 is 7.53. The van der Waals surface area contributed by atoms with Crippen LogP contribution in [0.2, 0.25) is 0 Å². The van der Waals surface area contributed by atoms with Gasteiger partial charge in [-0.3, -0.25) is 62.8 Å². The number of imidazole rings is 1. The third-order valence-corrected chi connectivity index (χ3v) is 15.4. The zero-order valence-electron chi connectivity index (χ0n) is 52.2. The highest BCUT2D eigenvalue weighted by molar-refractivity contribution is 5.98. The van der Waals surface area contributed by atoms with Crippen LogP contribution in [0.4, 0.5) is 5.95 Å². The predicted octanol–water partition coefficient (Wildman–Crippen LogP) is 0.742. The maximum Gasteiger partial charge on any atom is 0.317 e. The summed E-state index contributed by atoms with van der Waals surface area (Å²) in [7, 11) is 0. The minimum atomic E-state index is -1.64. The molecule has 1 fully saturated rings. The minimum absolute atomic E-state index is 0.0301. The van der Waals surface area contributed by atoms with Gasteiger partial charge in [0.1, 0.15) is 17.4 Å². The summed E-state index contributed by atoms with van der Waals surface area (Å²) in [5.74, 6) is -4.07. The Hall–Kier alpha value is -7.66. The van der Waals surface area contributed by atoms with Crippen molar-refractivity contribution in [3.05, 3.63) is 92.5 Å². The van der Waals surface area contributed by atoms with Gasteiger partial charge in [-0.1, -0.05) is 37.1 Å². The van der Waals surface area contributed by atoms with E-state index < -0.39 is 47.4 Å². The number of hydrogen-bond acceptors (Lipinski definition) is 18. The molecule has 27 heteroatoms. The Morgan fingerprint density at radius 1 is 0.719 bits per heavy atom. The number of nitrogens with one attached hydrogen (secondary N) is 7. The molecule has 5 rings (SSSR count). The van der Waals surface area contributed by atoms with Gasteiger partial charge in [0, 0.05) is 154 Å². The Labute approximate surface area is 519 Å². The molecule has 2 atom stereocenters. The number of pyridine rings is 1. The molecule has 1 aliphatic heterocycles. The van der Waals surface area contributed by atoms with E-state index in [1.54, 1.807) is 33.2 Å². The van der Waals surface area contributed by atoms with Gasteiger partial charge in [0.25, 0.3) is 5.91 Å². The van der Waals surface area contributed by atoms with E-state index in [4.69, 9.17) is 4.74 Å². The van der Waals surface area contributed by atoms with Crippen molar-refractivity contribution < 1.29 is 63.5 Å². The lowest BCUT2D eigenvalue weighted by Crippen LogP contribution is -2.52. The molecular formula is C62H93N13O14. The number of rotatable bonds is 36. The molecule has 0 spiro atoms. The average Bonchev–Trinajstić information content (AvgIpc) is 1.47. The first kappa shape index (κ1) is 72.1. The minimum Gasteiger partial charge on any atom is -0.480 e. The number of ether oxygens (including phenoxy) is 1. The Bertz CT molecular complexity index is 3010. The first-order valence-electron chi connectivity index (χ1n) is 30.7. The average molecular weight is 1240 g/mol. The quantitative estimate of drug-likeness (QED) is 0.0221.